The Morgan fingerprint density at radius 1 is 1.27 bits per heavy atom. The minimum Gasteiger partial charge on any atom is -0.574 e. The maximum atomic E-state index is 13.4. The van der Waals surface area contributed by atoms with Crippen molar-refractivity contribution in [3.63, 3.8) is 0 Å². The molecule has 3 aromatic rings. The van der Waals surface area contributed by atoms with E-state index in [1.165, 1.54) is 36.4 Å². The number of hydrogen-bond acceptors (Lipinski definition) is 4. The van der Waals surface area contributed by atoms with Gasteiger partial charge in [0.25, 0.3) is 5.69 Å². The van der Waals surface area contributed by atoms with E-state index in [4.69, 9.17) is 5.11 Å². The van der Waals surface area contributed by atoms with E-state index in [9.17, 15) is 14.5 Å². The first-order chi connectivity index (χ1) is 10.1. The minimum atomic E-state index is -0.518. The number of nitrogens with zero attached hydrogens (tertiary/aromatic N) is 3. The molecule has 1 radical (unpaired) electrons. The second-order valence-electron chi connectivity index (χ2n) is 4.47. The molecule has 6 nitrogen and oxygen atoms in total. The Hall–Kier alpha value is -1.44. The van der Waals surface area contributed by atoms with Crippen LogP contribution in [-0.2, 0) is 6.61 Å². The van der Waals surface area contributed by atoms with Crippen molar-refractivity contribution in [2.24, 2.45) is 0 Å². The summed E-state index contributed by atoms with van der Waals surface area (Å²) in [6, 6.07) is 8.42. The van der Waals surface area contributed by atoms with Gasteiger partial charge >= 0.3 is 0 Å². The molecule has 8 heteroatoms. The number of halogens is 1. The molecule has 1 heterocycles. The molecule has 0 bridgehead atoms. The first-order valence-electron chi connectivity index (χ1n) is 6.07. The average molecular weight is 427 g/mol. The molecule has 0 amide bonds. The Morgan fingerprint density at radius 2 is 2.05 bits per heavy atom. The number of aliphatic hydroxyl groups is 1. The standard InChI is InChI=1S/C14H9FN3O3.Pr/c15-12-3-1-8(5-9(12)7-19)14-11-6-10(18(20)21)2-4-13(11)16-17-14;/h1-6,19H,7H2;/q-1;. The number of aliphatic hydroxyl groups excluding tert-OH is 1. The van der Waals surface area contributed by atoms with Crippen LogP contribution in [0.2, 0.25) is 0 Å². The zero-order valence-corrected chi connectivity index (χ0v) is 14.9. The van der Waals surface area contributed by atoms with E-state index in [1.807, 2.05) is 0 Å². The summed E-state index contributed by atoms with van der Waals surface area (Å²) in [7, 11) is 0. The van der Waals surface area contributed by atoms with E-state index in [0.717, 1.165) is 0 Å². The van der Waals surface area contributed by atoms with Crippen molar-refractivity contribution in [1.82, 2.24) is 10.2 Å². The summed E-state index contributed by atoms with van der Waals surface area (Å²) < 4.78 is 13.4. The molecule has 0 saturated carbocycles. The topological polar surface area (TPSA) is 90.4 Å². The summed E-state index contributed by atoms with van der Waals surface area (Å²) in [5.74, 6) is -0.518. The van der Waals surface area contributed by atoms with Crippen molar-refractivity contribution < 1.29 is 55.7 Å². The number of rotatable bonds is 3. The van der Waals surface area contributed by atoms with Crippen LogP contribution in [-0.4, -0.2) is 15.1 Å². The van der Waals surface area contributed by atoms with E-state index in [2.05, 4.69) is 10.2 Å². The van der Waals surface area contributed by atoms with Crippen LogP contribution in [0, 0.1) is 57.2 Å². The van der Waals surface area contributed by atoms with E-state index in [-0.39, 0.29) is 52.5 Å². The fourth-order valence-electron chi connectivity index (χ4n) is 2.13. The van der Waals surface area contributed by atoms with Gasteiger partial charge in [0, 0.05) is 59.0 Å². The Morgan fingerprint density at radius 3 is 2.73 bits per heavy atom. The van der Waals surface area contributed by atoms with E-state index in [0.29, 0.717) is 22.2 Å². The van der Waals surface area contributed by atoms with Gasteiger partial charge < -0.3 is 15.3 Å². The van der Waals surface area contributed by atoms with Gasteiger partial charge in [-0.15, -0.1) is 5.52 Å². The van der Waals surface area contributed by atoms with Crippen LogP contribution >= 0.6 is 0 Å². The Balaban J connectivity index is 0.00000176. The van der Waals surface area contributed by atoms with Gasteiger partial charge in [0.2, 0.25) is 0 Å². The van der Waals surface area contributed by atoms with Gasteiger partial charge in [-0.05, 0) is 29.1 Å². The molecule has 0 saturated heterocycles. The van der Waals surface area contributed by atoms with Gasteiger partial charge in [0.05, 0.1) is 17.2 Å². The molecule has 22 heavy (non-hydrogen) atoms. The number of aromatic nitrogens is 2. The number of hydrogen-bond donors (Lipinski definition) is 1. The number of benzene rings is 2. The van der Waals surface area contributed by atoms with Crippen LogP contribution in [0.5, 0.6) is 0 Å². The quantitative estimate of drug-likeness (QED) is 0.512. The summed E-state index contributed by atoms with van der Waals surface area (Å²) in [5, 5.41) is 28.4. The van der Waals surface area contributed by atoms with Gasteiger partial charge in [-0.2, -0.15) is 0 Å². The largest absolute Gasteiger partial charge is 0.574 e. The third kappa shape index (κ3) is 3.02. The second kappa shape index (κ2) is 6.77. The number of nitro benzene ring substituents is 1. The maximum absolute atomic E-state index is 13.4. The van der Waals surface area contributed by atoms with Crippen molar-refractivity contribution in [1.29, 1.82) is 0 Å². The third-order valence-corrected chi connectivity index (χ3v) is 3.19. The first kappa shape index (κ1) is 16.9. The second-order valence-corrected chi connectivity index (χ2v) is 4.47. The molecule has 0 unspecified atom stereocenters. The number of nitro groups is 1. The van der Waals surface area contributed by atoms with Crippen LogP contribution in [0.25, 0.3) is 22.2 Å². The number of fused-ring (bicyclic) bond motifs is 1. The molecule has 0 aliphatic heterocycles. The predicted molar refractivity (Wildman–Crippen MR) is 73.0 cm³/mol. The fourth-order valence-corrected chi connectivity index (χ4v) is 2.13. The van der Waals surface area contributed by atoms with Crippen LogP contribution in [0.15, 0.2) is 36.4 Å². The van der Waals surface area contributed by atoms with Gasteiger partial charge in [-0.25, -0.2) is 4.39 Å². The normalized spacial score (nSPS) is 10.5. The summed E-state index contributed by atoms with van der Waals surface area (Å²) in [6.07, 6.45) is 0. The Bertz CT molecular complexity index is 850. The van der Waals surface area contributed by atoms with E-state index < -0.39 is 17.3 Å². The van der Waals surface area contributed by atoms with Crippen molar-refractivity contribution in [2.45, 2.75) is 6.61 Å². The van der Waals surface area contributed by atoms with Gasteiger partial charge in [0.1, 0.15) is 5.82 Å². The maximum Gasteiger partial charge on any atom is 0.270 e. The van der Waals surface area contributed by atoms with Gasteiger partial charge in [-0.1, -0.05) is 6.07 Å². The van der Waals surface area contributed by atoms with Gasteiger partial charge in [-0.3, -0.25) is 10.1 Å². The summed E-state index contributed by atoms with van der Waals surface area (Å²) >= 11 is 0. The molecule has 1 N–H and O–H groups in total. The monoisotopic (exact) mass is 427 g/mol. The molecule has 2 aromatic carbocycles. The smallest absolute Gasteiger partial charge is 0.270 e. The van der Waals surface area contributed by atoms with Crippen molar-refractivity contribution in [2.75, 3.05) is 0 Å². The fraction of sp³-hybridized carbons (Fsp3) is 0.0714. The summed E-state index contributed by atoms with van der Waals surface area (Å²) in [4.78, 5) is 10.3. The molecule has 109 valence electrons. The molecular weight excluding hydrogens is 418 g/mol. The van der Waals surface area contributed by atoms with Crippen molar-refractivity contribution in [3.05, 3.63) is 57.9 Å². The summed E-state index contributed by atoms with van der Waals surface area (Å²) in [6.45, 7) is -0.439. The molecule has 3 rings (SSSR count). The van der Waals surface area contributed by atoms with E-state index >= 15 is 0 Å². The molecule has 0 spiro atoms. The van der Waals surface area contributed by atoms with Crippen LogP contribution in [0.4, 0.5) is 10.1 Å². The van der Waals surface area contributed by atoms with Crippen LogP contribution in [0.1, 0.15) is 5.56 Å². The molecule has 0 atom stereocenters. The van der Waals surface area contributed by atoms with Crippen molar-refractivity contribution in [3.8, 4) is 11.3 Å². The predicted octanol–water partition coefficient (Wildman–Crippen LogP) is 2.40. The summed E-state index contributed by atoms with van der Waals surface area (Å²) in [5.41, 5.74) is 1.55. The van der Waals surface area contributed by atoms with Crippen LogP contribution < -0.4 is 5.10 Å². The zero-order valence-electron chi connectivity index (χ0n) is 11.2. The molecule has 0 aliphatic carbocycles. The van der Waals surface area contributed by atoms with Crippen molar-refractivity contribution >= 4 is 16.6 Å². The zero-order chi connectivity index (χ0) is 15.0. The average Bonchev–Trinajstić information content (AvgIpc) is 2.90. The van der Waals surface area contributed by atoms with Crippen LogP contribution in [0.3, 0.4) is 0 Å². The Labute approximate surface area is 157 Å². The molecule has 1 aromatic heterocycles. The molecule has 0 aliphatic rings. The minimum absolute atomic E-state index is 0. The van der Waals surface area contributed by atoms with E-state index in [1.54, 1.807) is 0 Å². The molecular formula is C14H9FN3O3Pr-. The number of non-ortho nitro benzene ring substituents is 1. The first-order valence-corrected chi connectivity index (χ1v) is 6.07. The Kier molecular flexibility index (Phi) is 5.21. The third-order valence-electron chi connectivity index (χ3n) is 3.19. The molecule has 0 fully saturated rings. The SMILES string of the molecule is O=[N+]([O-])c1ccc2[n-]nc(-c3ccc(F)c(CO)c3)c2c1.[Pr]. The van der Waals surface area contributed by atoms with Gasteiger partial charge in [0.15, 0.2) is 0 Å².